The quantitative estimate of drug-likeness (QED) is 0.158. The minimum atomic E-state index is -0.534. The van der Waals surface area contributed by atoms with E-state index in [4.69, 9.17) is 4.74 Å². The molecule has 7 aromatic carbocycles. The molecule has 8 nitrogen and oxygen atoms in total. The summed E-state index contributed by atoms with van der Waals surface area (Å²) < 4.78 is 11.8. The van der Waals surface area contributed by atoms with Crippen LogP contribution in [0.25, 0.3) is 55.0 Å². The van der Waals surface area contributed by atoms with Crippen molar-refractivity contribution in [1.82, 2.24) is 13.7 Å². The van der Waals surface area contributed by atoms with Gasteiger partial charge in [0.1, 0.15) is 24.0 Å². The monoisotopic (exact) mass is 767 g/mol. The van der Waals surface area contributed by atoms with Crippen molar-refractivity contribution >= 4 is 60.7 Å². The lowest BCUT2D eigenvalue weighted by Gasteiger charge is -2.26. The maximum atomic E-state index is 12.8. The lowest BCUT2D eigenvalue weighted by Crippen LogP contribution is -2.26. The predicted molar refractivity (Wildman–Crippen MR) is 237 cm³/mol. The van der Waals surface area contributed by atoms with Crippen LogP contribution in [0.5, 0.6) is 11.6 Å². The second-order valence-electron chi connectivity index (χ2n) is 14.6. The number of rotatable bonds is 9. The Morgan fingerprint density at radius 2 is 0.966 bits per heavy atom. The summed E-state index contributed by atoms with van der Waals surface area (Å²) in [5, 5.41) is 24.7. The number of hydrogen-bond donors (Lipinski definition) is 1. The van der Waals surface area contributed by atoms with Gasteiger partial charge in [-0.3, -0.25) is 9.36 Å². The van der Waals surface area contributed by atoms with Gasteiger partial charge in [-0.05, 0) is 110 Å². The maximum Gasteiger partial charge on any atom is 0.271 e. The summed E-state index contributed by atoms with van der Waals surface area (Å²) in [6.07, 6.45) is 0. The summed E-state index contributed by atoms with van der Waals surface area (Å²) in [6.45, 7) is 1.84. The van der Waals surface area contributed by atoms with E-state index >= 15 is 0 Å². The number of nitrogens with zero attached hydrogens (tertiary/aromatic N) is 5. The van der Waals surface area contributed by atoms with Gasteiger partial charge in [0.15, 0.2) is 5.88 Å². The minimum Gasteiger partial charge on any atom is -0.494 e. The molecule has 0 unspecified atom stereocenters. The van der Waals surface area contributed by atoms with Crippen molar-refractivity contribution in [2.75, 3.05) is 11.5 Å². The summed E-state index contributed by atoms with van der Waals surface area (Å²) in [4.78, 5) is 15.0. The van der Waals surface area contributed by atoms with Gasteiger partial charge in [0.05, 0.1) is 28.6 Å². The molecule has 0 saturated heterocycles. The molecule has 0 fully saturated rings. The van der Waals surface area contributed by atoms with Crippen LogP contribution in [0.3, 0.4) is 0 Å². The number of aromatic hydroxyl groups is 1. The predicted octanol–water partition coefficient (Wildman–Crippen LogP) is 11.5. The standard InChI is InChI=1S/C51H37N5O3/c1-34-32-50(57)53(51(58)45(34)33-52)30-31-59-40-28-26-37(27-29-40)54(35-18-22-38(23-19-35)55-46-14-6-2-10-41(46)42-11-3-7-15-47(42)55)36-20-24-39(25-21-36)56-48-16-8-4-12-43(48)44-13-5-9-17-49(44)56/h2-29,32,57H,30-31H2,1H3. The van der Waals surface area contributed by atoms with E-state index in [2.05, 4.69) is 160 Å². The van der Waals surface area contributed by atoms with Crippen LogP contribution in [-0.2, 0) is 6.54 Å². The van der Waals surface area contributed by atoms with Crippen LogP contribution in [0.1, 0.15) is 11.1 Å². The second-order valence-corrected chi connectivity index (χ2v) is 14.6. The van der Waals surface area contributed by atoms with Gasteiger partial charge >= 0.3 is 0 Å². The second kappa shape index (κ2) is 14.5. The Morgan fingerprint density at radius 3 is 1.37 bits per heavy atom. The molecule has 284 valence electrons. The van der Waals surface area contributed by atoms with Gasteiger partial charge in [-0.25, -0.2) is 0 Å². The normalized spacial score (nSPS) is 11.4. The van der Waals surface area contributed by atoms with Gasteiger partial charge in [0.2, 0.25) is 0 Å². The van der Waals surface area contributed by atoms with E-state index in [9.17, 15) is 15.2 Å². The van der Waals surface area contributed by atoms with E-state index in [0.29, 0.717) is 11.3 Å². The third-order valence-corrected chi connectivity index (χ3v) is 11.2. The first-order valence-electron chi connectivity index (χ1n) is 19.5. The van der Waals surface area contributed by atoms with E-state index in [1.165, 1.54) is 27.6 Å². The lowest BCUT2D eigenvalue weighted by atomic mass is 10.1. The van der Waals surface area contributed by atoms with Crippen LogP contribution < -0.4 is 15.2 Å². The molecule has 0 aliphatic heterocycles. The molecule has 59 heavy (non-hydrogen) atoms. The van der Waals surface area contributed by atoms with E-state index in [1.54, 1.807) is 6.92 Å². The van der Waals surface area contributed by atoms with E-state index < -0.39 is 5.56 Å². The summed E-state index contributed by atoms with van der Waals surface area (Å²) >= 11 is 0. The van der Waals surface area contributed by atoms with Crippen LogP contribution in [0.2, 0.25) is 0 Å². The van der Waals surface area contributed by atoms with Crippen LogP contribution >= 0.6 is 0 Å². The van der Waals surface area contributed by atoms with Gasteiger partial charge < -0.3 is 23.9 Å². The van der Waals surface area contributed by atoms with Crippen molar-refractivity contribution in [2.24, 2.45) is 0 Å². The Labute approximate surface area is 339 Å². The van der Waals surface area contributed by atoms with Crippen LogP contribution in [-0.4, -0.2) is 25.4 Å². The third kappa shape index (κ3) is 6.04. The molecule has 0 radical (unpaired) electrons. The average Bonchev–Trinajstić information content (AvgIpc) is 3.79. The largest absolute Gasteiger partial charge is 0.494 e. The number of ether oxygens (including phenoxy) is 1. The van der Waals surface area contributed by atoms with Gasteiger partial charge in [-0.2, -0.15) is 5.26 Å². The van der Waals surface area contributed by atoms with Crippen LogP contribution in [0.4, 0.5) is 17.1 Å². The number of hydrogen-bond acceptors (Lipinski definition) is 5. The Morgan fingerprint density at radius 1 is 0.576 bits per heavy atom. The van der Waals surface area contributed by atoms with Gasteiger partial charge in [0, 0.05) is 56.0 Å². The summed E-state index contributed by atoms with van der Waals surface area (Å²) in [5.41, 5.74) is 9.56. The SMILES string of the molecule is Cc1cc(O)n(CCOc2ccc(N(c3ccc(-n4c5ccccc5c5ccccc54)cc3)c3ccc(-n4c5ccccc5c5ccccc54)cc3)cc2)c(=O)c1C#N. The number of anilines is 3. The maximum absolute atomic E-state index is 12.8. The number of nitriles is 1. The molecule has 3 heterocycles. The van der Waals surface area contributed by atoms with Crippen molar-refractivity contribution in [3.05, 3.63) is 197 Å². The van der Waals surface area contributed by atoms with Crippen molar-refractivity contribution in [1.29, 1.82) is 5.26 Å². The molecule has 10 aromatic rings. The average molecular weight is 768 g/mol. The summed E-state index contributed by atoms with van der Waals surface area (Å²) in [6, 6.07) is 62.6. The fourth-order valence-corrected chi connectivity index (χ4v) is 8.40. The highest BCUT2D eigenvalue weighted by molar-refractivity contribution is 6.10. The number of aromatic nitrogens is 3. The van der Waals surface area contributed by atoms with E-state index in [0.717, 1.165) is 55.1 Å². The van der Waals surface area contributed by atoms with Crippen molar-refractivity contribution in [2.45, 2.75) is 13.5 Å². The molecular weight excluding hydrogens is 731 g/mol. The Hall–Kier alpha value is -8.02. The number of benzene rings is 7. The fourth-order valence-electron chi connectivity index (χ4n) is 8.40. The van der Waals surface area contributed by atoms with Gasteiger partial charge in [0.25, 0.3) is 5.56 Å². The molecular formula is C51H37N5O3. The molecule has 10 rings (SSSR count). The smallest absolute Gasteiger partial charge is 0.271 e. The molecule has 3 aromatic heterocycles. The molecule has 0 aliphatic carbocycles. The van der Waals surface area contributed by atoms with Gasteiger partial charge in [-0.1, -0.05) is 72.8 Å². The summed E-state index contributed by atoms with van der Waals surface area (Å²) in [5.74, 6) is 0.409. The molecule has 8 heteroatoms. The van der Waals surface area contributed by atoms with E-state index in [-0.39, 0.29) is 24.6 Å². The zero-order chi connectivity index (χ0) is 40.0. The summed E-state index contributed by atoms with van der Waals surface area (Å²) in [7, 11) is 0. The minimum absolute atomic E-state index is 0.0124. The first kappa shape index (κ1) is 35.4. The molecule has 0 spiro atoms. The van der Waals surface area contributed by atoms with Crippen LogP contribution in [0, 0.1) is 18.3 Å². The molecule has 0 aliphatic rings. The Bertz CT molecular complexity index is 3030. The zero-order valence-corrected chi connectivity index (χ0v) is 32.2. The molecule has 0 amide bonds. The Kier molecular flexibility index (Phi) is 8.69. The Balaban J connectivity index is 1.01. The number of aryl methyl sites for hydroxylation is 1. The van der Waals surface area contributed by atoms with Crippen molar-refractivity contribution in [3.8, 4) is 29.1 Å². The molecule has 0 atom stereocenters. The molecule has 0 bridgehead atoms. The fraction of sp³-hybridized carbons (Fsp3) is 0.0588. The van der Waals surface area contributed by atoms with Crippen LogP contribution in [0.15, 0.2) is 181 Å². The highest BCUT2D eigenvalue weighted by Crippen LogP contribution is 2.39. The zero-order valence-electron chi connectivity index (χ0n) is 32.2. The first-order chi connectivity index (χ1) is 29.0. The van der Waals surface area contributed by atoms with Gasteiger partial charge in [-0.15, -0.1) is 0 Å². The lowest BCUT2D eigenvalue weighted by molar-refractivity contribution is 0.284. The van der Waals surface area contributed by atoms with E-state index in [1.807, 2.05) is 30.3 Å². The highest BCUT2D eigenvalue weighted by atomic mass is 16.5. The number of fused-ring (bicyclic) bond motifs is 6. The number of pyridine rings is 1. The molecule has 1 N–H and O–H groups in total. The third-order valence-electron chi connectivity index (χ3n) is 11.2. The topological polar surface area (TPSA) is 88.3 Å². The first-order valence-corrected chi connectivity index (χ1v) is 19.5. The highest BCUT2D eigenvalue weighted by Gasteiger charge is 2.18. The molecule has 0 saturated carbocycles. The number of para-hydroxylation sites is 4. The van der Waals surface area contributed by atoms with Crippen molar-refractivity contribution < 1.29 is 9.84 Å². The van der Waals surface area contributed by atoms with Crippen molar-refractivity contribution in [3.63, 3.8) is 0 Å².